The van der Waals surface area contributed by atoms with Crippen molar-refractivity contribution in [2.75, 3.05) is 0 Å². The summed E-state index contributed by atoms with van der Waals surface area (Å²) in [7, 11) is 0. The first-order valence-electron chi connectivity index (χ1n) is 4.93. The van der Waals surface area contributed by atoms with Crippen molar-refractivity contribution in [1.29, 1.82) is 5.26 Å². The summed E-state index contributed by atoms with van der Waals surface area (Å²) in [4.78, 5) is 0. The maximum Gasteiger partial charge on any atom is 0.0980 e. The van der Waals surface area contributed by atoms with E-state index in [1.165, 1.54) is 19.3 Å². The highest BCUT2D eigenvalue weighted by Crippen LogP contribution is 2.21. The number of rotatable bonds is 5. The molecule has 0 radical (unpaired) electrons. The lowest BCUT2D eigenvalue weighted by molar-refractivity contribution is 0.411. The highest BCUT2D eigenvalue weighted by atomic mass is 15.0. The van der Waals surface area contributed by atoms with Gasteiger partial charge in [0.05, 0.1) is 12.1 Å². The maximum absolute atomic E-state index is 8.89. The highest BCUT2D eigenvalue weighted by molar-refractivity contribution is 4.98. The molecule has 1 aliphatic rings. The number of nitrogens with one attached hydrogen (secondary N) is 1. The summed E-state index contributed by atoms with van der Waals surface area (Å²) in [6.07, 6.45) is 4.84. The van der Waals surface area contributed by atoms with Crippen molar-refractivity contribution >= 4 is 0 Å². The lowest BCUT2D eigenvalue weighted by Crippen LogP contribution is -2.35. The SMILES string of the molecule is CCCC(C)C(C#N)NC1CC1. The fourth-order valence-electron chi connectivity index (χ4n) is 1.45. The molecule has 2 unspecified atom stereocenters. The zero-order valence-corrected chi connectivity index (χ0v) is 8.01. The Morgan fingerprint density at radius 1 is 1.58 bits per heavy atom. The predicted molar refractivity (Wildman–Crippen MR) is 49.6 cm³/mol. The molecule has 0 saturated heterocycles. The van der Waals surface area contributed by atoms with Crippen LogP contribution in [-0.2, 0) is 0 Å². The van der Waals surface area contributed by atoms with Crippen LogP contribution in [0.3, 0.4) is 0 Å². The van der Waals surface area contributed by atoms with E-state index in [0.717, 1.165) is 6.42 Å². The minimum Gasteiger partial charge on any atom is -0.299 e. The van der Waals surface area contributed by atoms with Gasteiger partial charge in [-0.1, -0.05) is 20.3 Å². The summed E-state index contributed by atoms with van der Waals surface area (Å²) >= 11 is 0. The van der Waals surface area contributed by atoms with Gasteiger partial charge in [-0.3, -0.25) is 5.32 Å². The van der Waals surface area contributed by atoms with E-state index < -0.39 is 0 Å². The first-order valence-corrected chi connectivity index (χ1v) is 4.93. The van der Waals surface area contributed by atoms with E-state index >= 15 is 0 Å². The zero-order chi connectivity index (χ0) is 8.97. The normalized spacial score (nSPS) is 21.4. The van der Waals surface area contributed by atoms with Crippen LogP contribution in [0.2, 0.25) is 0 Å². The van der Waals surface area contributed by atoms with Crippen LogP contribution in [0.1, 0.15) is 39.5 Å². The van der Waals surface area contributed by atoms with E-state index in [4.69, 9.17) is 5.26 Å². The van der Waals surface area contributed by atoms with Crippen molar-refractivity contribution in [2.24, 2.45) is 5.92 Å². The molecule has 1 fully saturated rings. The average Bonchev–Trinajstić information content (AvgIpc) is 2.84. The Morgan fingerprint density at radius 3 is 2.67 bits per heavy atom. The molecule has 0 aromatic rings. The van der Waals surface area contributed by atoms with Gasteiger partial charge in [0.2, 0.25) is 0 Å². The van der Waals surface area contributed by atoms with E-state index in [0.29, 0.717) is 12.0 Å². The molecule has 0 bridgehead atoms. The lowest BCUT2D eigenvalue weighted by atomic mass is 9.98. The van der Waals surface area contributed by atoms with E-state index in [9.17, 15) is 0 Å². The monoisotopic (exact) mass is 166 g/mol. The van der Waals surface area contributed by atoms with Crippen LogP contribution in [0.15, 0.2) is 0 Å². The van der Waals surface area contributed by atoms with Gasteiger partial charge in [0.25, 0.3) is 0 Å². The molecule has 2 nitrogen and oxygen atoms in total. The van der Waals surface area contributed by atoms with Crippen LogP contribution in [0, 0.1) is 17.2 Å². The van der Waals surface area contributed by atoms with E-state index in [1.54, 1.807) is 0 Å². The maximum atomic E-state index is 8.89. The van der Waals surface area contributed by atoms with E-state index in [2.05, 4.69) is 25.2 Å². The van der Waals surface area contributed by atoms with Gasteiger partial charge in [-0.15, -0.1) is 0 Å². The van der Waals surface area contributed by atoms with Crippen molar-refractivity contribution in [2.45, 2.75) is 51.6 Å². The molecule has 2 heteroatoms. The first-order chi connectivity index (χ1) is 5.77. The molecule has 1 rings (SSSR count). The number of hydrogen-bond acceptors (Lipinski definition) is 2. The predicted octanol–water partition coefficient (Wildman–Crippen LogP) is 2.07. The molecule has 1 saturated carbocycles. The molecule has 0 aromatic carbocycles. The molecule has 0 spiro atoms. The second kappa shape index (κ2) is 4.47. The summed E-state index contributed by atoms with van der Waals surface area (Å²) < 4.78 is 0. The third kappa shape index (κ3) is 2.83. The average molecular weight is 166 g/mol. The minimum atomic E-state index is 0.0810. The summed E-state index contributed by atoms with van der Waals surface area (Å²) in [5, 5.41) is 12.3. The van der Waals surface area contributed by atoms with Gasteiger partial charge < -0.3 is 0 Å². The Balaban J connectivity index is 2.27. The second-order valence-corrected chi connectivity index (χ2v) is 3.81. The molecule has 0 heterocycles. The Morgan fingerprint density at radius 2 is 2.25 bits per heavy atom. The molecule has 0 amide bonds. The number of hydrogen-bond donors (Lipinski definition) is 1. The Labute approximate surface area is 75.0 Å². The van der Waals surface area contributed by atoms with Crippen LogP contribution in [0.5, 0.6) is 0 Å². The summed E-state index contributed by atoms with van der Waals surface area (Å²) in [6.45, 7) is 4.33. The van der Waals surface area contributed by atoms with Crippen molar-refractivity contribution < 1.29 is 0 Å². The van der Waals surface area contributed by atoms with Gasteiger partial charge in [0.15, 0.2) is 0 Å². The summed E-state index contributed by atoms with van der Waals surface area (Å²) in [5.41, 5.74) is 0. The van der Waals surface area contributed by atoms with Gasteiger partial charge in [0, 0.05) is 6.04 Å². The first kappa shape index (κ1) is 9.54. The summed E-state index contributed by atoms with van der Waals surface area (Å²) in [5.74, 6) is 0.501. The van der Waals surface area contributed by atoms with Gasteiger partial charge in [-0.05, 0) is 25.2 Å². The van der Waals surface area contributed by atoms with Gasteiger partial charge >= 0.3 is 0 Å². The molecule has 0 aromatic heterocycles. The summed E-state index contributed by atoms with van der Waals surface area (Å²) in [6, 6.07) is 3.08. The fraction of sp³-hybridized carbons (Fsp3) is 0.900. The molecule has 1 aliphatic carbocycles. The standard InChI is InChI=1S/C10H18N2/c1-3-4-8(2)10(7-11)12-9-5-6-9/h8-10,12H,3-6H2,1-2H3. The van der Waals surface area contributed by atoms with Crippen LogP contribution in [-0.4, -0.2) is 12.1 Å². The minimum absolute atomic E-state index is 0.0810. The Bertz CT molecular complexity index is 167. The molecule has 2 atom stereocenters. The van der Waals surface area contributed by atoms with E-state index in [-0.39, 0.29) is 6.04 Å². The topological polar surface area (TPSA) is 35.8 Å². The van der Waals surface area contributed by atoms with E-state index in [1.807, 2.05) is 0 Å². The van der Waals surface area contributed by atoms with Crippen LogP contribution in [0.25, 0.3) is 0 Å². The van der Waals surface area contributed by atoms with Crippen molar-refractivity contribution in [1.82, 2.24) is 5.32 Å². The van der Waals surface area contributed by atoms with Gasteiger partial charge in [0.1, 0.15) is 0 Å². The van der Waals surface area contributed by atoms with Crippen molar-refractivity contribution in [3.05, 3.63) is 0 Å². The molecular weight excluding hydrogens is 148 g/mol. The molecule has 1 N–H and O–H groups in total. The molecule has 0 aliphatic heterocycles. The van der Waals surface area contributed by atoms with Gasteiger partial charge in [-0.25, -0.2) is 0 Å². The van der Waals surface area contributed by atoms with Crippen LogP contribution >= 0.6 is 0 Å². The molecule has 68 valence electrons. The number of nitrogens with zero attached hydrogens (tertiary/aromatic N) is 1. The highest BCUT2D eigenvalue weighted by Gasteiger charge is 2.26. The zero-order valence-electron chi connectivity index (χ0n) is 8.01. The lowest BCUT2D eigenvalue weighted by Gasteiger charge is -2.17. The largest absolute Gasteiger partial charge is 0.299 e. The quantitative estimate of drug-likeness (QED) is 0.678. The van der Waals surface area contributed by atoms with Gasteiger partial charge in [-0.2, -0.15) is 5.26 Å². The number of nitriles is 1. The Kier molecular flexibility index (Phi) is 3.55. The Hall–Kier alpha value is -0.550. The third-order valence-corrected chi connectivity index (χ3v) is 2.44. The third-order valence-electron chi connectivity index (χ3n) is 2.44. The van der Waals surface area contributed by atoms with Crippen molar-refractivity contribution in [3.63, 3.8) is 0 Å². The smallest absolute Gasteiger partial charge is 0.0980 e. The fourth-order valence-corrected chi connectivity index (χ4v) is 1.45. The second-order valence-electron chi connectivity index (χ2n) is 3.81. The molecule has 12 heavy (non-hydrogen) atoms. The van der Waals surface area contributed by atoms with Crippen molar-refractivity contribution in [3.8, 4) is 6.07 Å². The molecular formula is C10H18N2. The van der Waals surface area contributed by atoms with Crippen LogP contribution in [0.4, 0.5) is 0 Å². The van der Waals surface area contributed by atoms with Crippen LogP contribution < -0.4 is 5.32 Å².